The number of furan rings is 1. The van der Waals surface area contributed by atoms with Gasteiger partial charge in [-0.25, -0.2) is 0 Å². The minimum Gasteiger partial charge on any atom is -0.489 e. The van der Waals surface area contributed by atoms with E-state index in [4.69, 9.17) is 9.15 Å². The van der Waals surface area contributed by atoms with Crippen molar-refractivity contribution < 1.29 is 9.15 Å². The second-order valence-corrected chi connectivity index (χ2v) is 14.9. The highest BCUT2D eigenvalue weighted by Crippen LogP contribution is 2.53. The summed E-state index contributed by atoms with van der Waals surface area (Å²) in [6, 6.07) is 35.9. The first-order chi connectivity index (χ1) is 25.8. The first kappa shape index (κ1) is 29.9. The molecule has 0 amide bonds. The average molecular weight is 677 g/mol. The highest BCUT2D eigenvalue weighted by atomic mass is 16.5. The van der Waals surface area contributed by atoms with Gasteiger partial charge >= 0.3 is 0 Å². The number of ether oxygens (including phenoxy) is 1. The molecule has 5 aromatic rings. The summed E-state index contributed by atoms with van der Waals surface area (Å²) in [6.07, 6.45) is 26.0. The van der Waals surface area contributed by atoms with Gasteiger partial charge in [-0.3, -0.25) is 0 Å². The predicted molar refractivity (Wildman–Crippen MR) is 212 cm³/mol. The van der Waals surface area contributed by atoms with E-state index in [9.17, 15) is 0 Å². The minimum atomic E-state index is 0.00198. The van der Waals surface area contributed by atoms with Crippen LogP contribution in [-0.2, 0) is 11.2 Å². The maximum atomic E-state index is 6.69. The van der Waals surface area contributed by atoms with E-state index in [1.54, 1.807) is 0 Å². The van der Waals surface area contributed by atoms with Gasteiger partial charge in [-0.05, 0) is 84.5 Å². The van der Waals surface area contributed by atoms with Gasteiger partial charge in [-0.2, -0.15) is 0 Å². The molecule has 4 heteroatoms. The molecular formula is C48H40N2O2. The normalized spacial score (nSPS) is 25.0. The lowest BCUT2D eigenvalue weighted by atomic mass is 9.80. The zero-order valence-electron chi connectivity index (χ0n) is 29.1. The molecule has 0 fully saturated rings. The van der Waals surface area contributed by atoms with Crippen LogP contribution in [0.2, 0.25) is 0 Å². The third-order valence-electron chi connectivity index (χ3n) is 12.0. The Kier molecular flexibility index (Phi) is 6.86. The molecule has 5 atom stereocenters. The van der Waals surface area contributed by atoms with Gasteiger partial charge in [-0.1, -0.05) is 103 Å². The van der Waals surface area contributed by atoms with Crippen molar-refractivity contribution in [2.45, 2.75) is 56.2 Å². The zero-order chi connectivity index (χ0) is 34.2. The van der Waals surface area contributed by atoms with Crippen molar-refractivity contribution in [1.82, 2.24) is 0 Å². The zero-order valence-corrected chi connectivity index (χ0v) is 29.1. The van der Waals surface area contributed by atoms with E-state index in [0.717, 1.165) is 49.2 Å². The summed E-state index contributed by atoms with van der Waals surface area (Å²) in [4.78, 5) is 5.24. The Labute approximate surface area is 305 Å². The van der Waals surface area contributed by atoms with Crippen molar-refractivity contribution in [2.75, 3.05) is 9.80 Å². The average Bonchev–Trinajstić information content (AvgIpc) is 3.88. The largest absolute Gasteiger partial charge is 0.489 e. The fourth-order valence-corrected chi connectivity index (χ4v) is 9.81. The Hall–Kier alpha value is -5.74. The van der Waals surface area contributed by atoms with E-state index in [1.807, 2.05) is 0 Å². The van der Waals surface area contributed by atoms with E-state index in [0.29, 0.717) is 5.92 Å². The number of hydrogen-bond donors (Lipinski definition) is 0. The Morgan fingerprint density at radius 1 is 0.750 bits per heavy atom. The first-order valence-corrected chi connectivity index (χ1v) is 19.0. The summed E-state index contributed by atoms with van der Waals surface area (Å²) in [5, 5.41) is 1.22. The number of benzene rings is 4. The fraction of sp³-hybridized carbons (Fsp3) is 0.208. The van der Waals surface area contributed by atoms with Gasteiger partial charge in [0.05, 0.1) is 29.1 Å². The summed E-state index contributed by atoms with van der Waals surface area (Å²) in [5.41, 5.74) is 12.5. The molecule has 52 heavy (non-hydrogen) atoms. The van der Waals surface area contributed by atoms with E-state index >= 15 is 0 Å². The first-order valence-electron chi connectivity index (χ1n) is 19.0. The smallest absolute Gasteiger partial charge is 0.137 e. The van der Waals surface area contributed by atoms with Crippen LogP contribution >= 0.6 is 0 Å². The van der Waals surface area contributed by atoms with Crippen molar-refractivity contribution >= 4 is 34.1 Å². The Morgan fingerprint density at radius 3 is 2.50 bits per heavy atom. The lowest BCUT2D eigenvalue weighted by Crippen LogP contribution is -2.43. The summed E-state index contributed by atoms with van der Waals surface area (Å²) in [6.45, 7) is 0. The van der Waals surface area contributed by atoms with Gasteiger partial charge < -0.3 is 19.0 Å². The van der Waals surface area contributed by atoms with Crippen LogP contribution in [0.25, 0.3) is 28.2 Å². The van der Waals surface area contributed by atoms with Crippen LogP contribution in [0.5, 0.6) is 0 Å². The second kappa shape index (κ2) is 11.9. The van der Waals surface area contributed by atoms with Gasteiger partial charge in [0.15, 0.2) is 0 Å². The molecule has 3 heterocycles. The monoisotopic (exact) mass is 676 g/mol. The minimum absolute atomic E-state index is 0.00198. The third-order valence-corrected chi connectivity index (χ3v) is 12.0. The SMILES string of the molecule is C1=CC2OC3=C(C=CCC3)C2C(N(c2cccc3oc4c(c23)C=CCC4)C2C=CC3C(C2)c2cc(-c4ccccc4)ccc2N3c2ccccc2)=C1. The number of anilines is 3. The lowest BCUT2D eigenvalue weighted by molar-refractivity contribution is 0.154. The van der Waals surface area contributed by atoms with Gasteiger partial charge in [0, 0.05) is 47.0 Å². The Balaban J connectivity index is 1.09. The number of nitrogens with zero attached hydrogens (tertiary/aromatic N) is 2. The topological polar surface area (TPSA) is 28.9 Å². The molecule has 0 spiro atoms. The van der Waals surface area contributed by atoms with Crippen molar-refractivity contribution in [2.24, 2.45) is 5.92 Å². The quantitative estimate of drug-likeness (QED) is 0.173. The standard InChI is InChI=1S/C48H40N2O2/c1-3-13-31(14-4-1)32-25-27-39-37(29-32)38-30-34(26-28-40(38)49(39)33-15-5-2-6-16-33)50(41-19-11-23-45-47(41)35-17-7-9-21-43(35)51-45)42-20-12-24-46-48(42)36-18-8-10-22-44(36)52-46/h1-8,11-20,23-29,34,38,40,45,47H,9-10,21-22,30H2. The van der Waals surface area contributed by atoms with Gasteiger partial charge in [0.1, 0.15) is 23.2 Å². The molecule has 0 saturated heterocycles. The molecule has 4 aliphatic carbocycles. The van der Waals surface area contributed by atoms with Gasteiger partial charge in [0.25, 0.3) is 0 Å². The van der Waals surface area contributed by atoms with E-state index in [-0.39, 0.29) is 24.1 Å². The molecule has 0 radical (unpaired) electrons. The molecule has 0 bridgehead atoms. The number of aryl methyl sites for hydroxylation is 1. The molecule has 0 saturated carbocycles. The van der Waals surface area contributed by atoms with E-state index in [2.05, 4.69) is 162 Å². The lowest BCUT2D eigenvalue weighted by Gasteiger charge is -2.42. The van der Waals surface area contributed by atoms with Crippen LogP contribution in [0.4, 0.5) is 17.1 Å². The van der Waals surface area contributed by atoms with Crippen LogP contribution in [-0.4, -0.2) is 18.2 Å². The molecule has 0 N–H and O–H groups in total. The van der Waals surface area contributed by atoms with Crippen LogP contribution in [0.3, 0.4) is 0 Å². The summed E-state index contributed by atoms with van der Waals surface area (Å²) in [5.74, 6) is 2.69. The van der Waals surface area contributed by atoms with Crippen molar-refractivity contribution in [3.05, 3.63) is 180 Å². The fourth-order valence-electron chi connectivity index (χ4n) is 9.81. The molecule has 5 unspecified atom stereocenters. The van der Waals surface area contributed by atoms with Crippen LogP contribution in [0, 0.1) is 5.92 Å². The number of fused-ring (bicyclic) bond motifs is 8. The molecule has 4 aromatic carbocycles. The Morgan fingerprint density at radius 2 is 1.60 bits per heavy atom. The van der Waals surface area contributed by atoms with Crippen molar-refractivity contribution in [3.63, 3.8) is 0 Å². The number of hydrogen-bond acceptors (Lipinski definition) is 4. The number of rotatable bonds is 5. The van der Waals surface area contributed by atoms with Crippen LogP contribution in [0.1, 0.15) is 48.5 Å². The third kappa shape index (κ3) is 4.60. The van der Waals surface area contributed by atoms with Crippen molar-refractivity contribution in [1.29, 1.82) is 0 Å². The van der Waals surface area contributed by atoms with Crippen molar-refractivity contribution in [3.8, 4) is 11.1 Å². The molecule has 4 nitrogen and oxygen atoms in total. The number of allylic oxidation sites excluding steroid dienone is 6. The molecular weight excluding hydrogens is 637 g/mol. The van der Waals surface area contributed by atoms with Crippen LogP contribution < -0.4 is 9.80 Å². The molecule has 2 aliphatic heterocycles. The predicted octanol–water partition coefficient (Wildman–Crippen LogP) is 11.6. The molecule has 11 rings (SSSR count). The summed E-state index contributed by atoms with van der Waals surface area (Å²) < 4.78 is 13.3. The Bertz CT molecular complexity index is 2410. The highest BCUT2D eigenvalue weighted by Gasteiger charge is 2.46. The van der Waals surface area contributed by atoms with Gasteiger partial charge in [0.2, 0.25) is 0 Å². The summed E-state index contributed by atoms with van der Waals surface area (Å²) >= 11 is 0. The van der Waals surface area contributed by atoms with Crippen LogP contribution in [0.15, 0.2) is 167 Å². The maximum absolute atomic E-state index is 6.69. The molecule has 254 valence electrons. The highest BCUT2D eigenvalue weighted by molar-refractivity contribution is 6.00. The number of para-hydroxylation sites is 1. The van der Waals surface area contributed by atoms with E-state index < -0.39 is 0 Å². The maximum Gasteiger partial charge on any atom is 0.137 e. The second-order valence-electron chi connectivity index (χ2n) is 14.9. The molecule has 6 aliphatic rings. The molecule has 1 aromatic heterocycles. The van der Waals surface area contributed by atoms with Gasteiger partial charge in [-0.15, -0.1) is 0 Å². The van der Waals surface area contributed by atoms with E-state index in [1.165, 1.54) is 56.0 Å². The summed E-state index contributed by atoms with van der Waals surface area (Å²) in [7, 11) is 0.